The van der Waals surface area contributed by atoms with Crippen LogP contribution in [0.3, 0.4) is 0 Å². The van der Waals surface area contributed by atoms with E-state index in [1.807, 2.05) is 61.4 Å². The van der Waals surface area contributed by atoms with Crippen LogP contribution in [0.1, 0.15) is 38.5 Å². The predicted octanol–water partition coefficient (Wildman–Crippen LogP) is 9.91. The molecule has 3 aromatic carbocycles. The van der Waals surface area contributed by atoms with E-state index in [1.54, 1.807) is 0 Å². The molecular formula is C28H31NOS4. The zero-order valence-corrected chi connectivity index (χ0v) is 22.5. The SMILES string of the molecule is c1ccc(N=C(CC(SSc2ccccc2)SSc2ccccc2)OCC2CCCCC2)cc1. The number of aliphatic imine (C=N–C) groups is 1. The second kappa shape index (κ2) is 14.8. The van der Waals surface area contributed by atoms with Crippen LogP contribution in [0.2, 0.25) is 0 Å². The van der Waals surface area contributed by atoms with Crippen molar-refractivity contribution >= 4 is 54.8 Å². The van der Waals surface area contributed by atoms with E-state index in [0.29, 0.717) is 10.5 Å². The molecule has 0 aromatic heterocycles. The molecule has 0 spiro atoms. The second-order valence-electron chi connectivity index (χ2n) is 8.28. The van der Waals surface area contributed by atoms with E-state index < -0.39 is 0 Å². The van der Waals surface area contributed by atoms with Gasteiger partial charge in [0.15, 0.2) is 5.90 Å². The Morgan fingerprint density at radius 3 is 1.82 bits per heavy atom. The summed E-state index contributed by atoms with van der Waals surface area (Å²) in [5, 5.41) is 0. The van der Waals surface area contributed by atoms with E-state index >= 15 is 0 Å². The van der Waals surface area contributed by atoms with Crippen molar-refractivity contribution in [2.45, 2.75) is 52.9 Å². The molecule has 1 aliphatic carbocycles. The van der Waals surface area contributed by atoms with Gasteiger partial charge in [-0.1, -0.05) is 117 Å². The summed E-state index contributed by atoms with van der Waals surface area (Å²) in [5.74, 6) is 1.51. The summed E-state index contributed by atoms with van der Waals surface area (Å²) in [4.78, 5) is 7.48. The smallest absolute Gasteiger partial charge is 0.190 e. The van der Waals surface area contributed by atoms with E-state index in [1.165, 1.54) is 41.9 Å². The minimum Gasteiger partial charge on any atom is -0.480 e. The molecule has 4 rings (SSSR count). The van der Waals surface area contributed by atoms with Crippen molar-refractivity contribution in [1.29, 1.82) is 0 Å². The highest BCUT2D eigenvalue weighted by atomic mass is 33.1. The largest absolute Gasteiger partial charge is 0.480 e. The fourth-order valence-corrected chi connectivity index (χ4v) is 9.52. The summed E-state index contributed by atoms with van der Waals surface area (Å²) in [6, 6.07) is 31.4. The van der Waals surface area contributed by atoms with Gasteiger partial charge in [-0.3, -0.25) is 0 Å². The molecule has 0 atom stereocenters. The molecule has 0 saturated heterocycles. The minimum atomic E-state index is 0.296. The van der Waals surface area contributed by atoms with Crippen LogP contribution in [-0.2, 0) is 4.74 Å². The lowest BCUT2D eigenvalue weighted by Crippen LogP contribution is -2.18. The van der Waals surface area contributed by atoms with Gasteiger partial charge in [0.25, 0.3) is 0 Å². The molecule has 178 valence electrons. The summed E-state index contributed by atoms with van der Waals surface area (Å²) in [6.07, 6.45) is 7.36. The van der Waals surface area contributed by atoms with Crippen molar-refractivity contribution in [2.24, 2.45) is 10.9 Å². The third-order valence-corrected chi connectivity index (χ3v) is 11.9. The number of benzene rings is 3. The first-order chi connectivity index (χ1) is 16.8. The highest BCUT2D eigenvalue weighted by Crippen LogP contribution is 2.47. The van der Waals surface area contributed by atoms with Crippen molar-refractivity contribution in [3.05, 3.63) is 91.0 Å². The van der Waals surface area contributed by atoms with Crippen LogP contribution < -0.4 is 0 Å². The fourth-order valence-electron chi connectivity index (χ4n) is 3.75. The third kappa shape index (κ3) is 9.29. The fraction of sp³-hybridized carbons (Fsp3) is 0.321. The molecule has 6 heteroatoms. The van der Waals surface area contributed by atoms with Gasteiger partial charge in [-0.25, -0.2) is 4.99 Å². The Balaban J connectivity index is 1.45. The van der Waals surface area contributed by atoms with Crippen LogP contribution in [0, 0.1) is 5.92 Å². The molecular weight excluding hydrogens is 495 g/mol. The highest BCUT2D eigenvalue weighted by Gasteiger charge is 2.20. The Labute approximate surface area is 219 Å². The third-order valence-electron chi connectivity index (χ3n) is 5.55. The number of rotatable bonds is 11. The lowest BCUT2D eigenvalue weighted by atomic mass is 9.90. The molecule has 0 bridgehead atoms. The second-order valence-corrected chi connectivity index (χ2v) is 13.5. The summed E-state index contributed by atoms with van der Waals surface area (Å²) in [5.41, 5.74) is 0.960. The van der Waals surface area contributed by atoms with Crippen LogP contribution in [0.4, 0.5) is 5.69 Å². The number of para-hydroxylation sites is 1. The average molecular weight is 526 g/mol. The van der Waals surface area contributed by atoms with Gasteiger partial charge < -0.3 is 4.74 Å². The van der Waals surface area contributed by atoms with Crippen LogP contribution in [0.5, 0.6) is 0 Å². The van der Waals surface area contributed by atoms with Gasteiger partial charge in [-0.05, 0) is 55.2 Å². The van der Waals surface area contributed by atoms with Gasteiger partial charge in [0.05, 0.1) is 16.9 Å². The molecule has 0 amide bonds. The zero-order valence-electron chi connectivity index (χ0n) is 19.3. The first-order valence-corrected chi connectivity index (χ1v) is 16.3. The van der Waals surface area contributed by atoms with Gasteiger partial charge in [0.2, 0.25) is 0 Å². The van der Waals surface area contributed by atoms with E-state index in [-0.39, 0.29) is 0 Å². The van der Waals surface area contributed by atoms with Crippen molar-refractivity contribution < 1.29 is 4.74 Å². The molecule has 34 heavy (non-hydrogen) atoms. The van der Waals surface area contributed by atoms with E-state index in [4.69, 9.17) is 9.73 Å². The van der Waals surface area contributed by atoms with E-state index in [0.717, 1.165) is 24.6 Å². The van der Waals surface area contributed by atoms with Crippen LogP contribution in [0.25, 0.3) is 0 Å². The summed E-state index contributed by atoms with van der Waals surface area (Å²) in [6.45, 7) is 0.783. The molecule has 0 N–H and O–H groups in total. The lowest BCUT2D eigenvalue weighted by Gasteiger charge is -2.23. The van der Waals surface area contributed by atoms with Crippen molar-refractivity contribution in [3.8, 4) is 0 Å². The Hall–Kier alpha value is -1.47. The molecule has 0 unspecified atom stereocenters. The standard InChI is InChI=1S/C28H31NOS4/c1-5-13-23(14-6-1)22-30-27(29-24-15-7-2-8-16-24)21-28(33-31-25-17-9-3-10-18-25)34-32-26-19-11-4-12-20-26/h2-4,7-12,15-20,23,28H,1,5-6,13-14,21-22H2. The first kappa shape index (κ1) is 25.6. The number of hydrogen-bond acceptors (Lipinski definition) is 6. The Morgan fingerprint density at radius 2 is 1.26 bits per heavy atom. The van der Waals surface area contributed by atoms with Crippen molar-refractivity contribution in [3.63, 3.8) is 0 Å². The molecule has 1 aliphatic rings. The molecule has 3 aromatic rings. The van der Waals surface area contributed by atoms with Crippen molar-refractivity contribution in [2.75, 3.05) is 6.61 Å². The van der Waals surface area contributed by atoms with Gasteiger partial charge in [-0.15, -0.1) is 0 Å². The molecule has 1 saturated carbocycles. The monoisotopic (exact) mass is 525 g/mol. The van der Waals surface area contributed by atoms with Gasteiger partial charge in [0.1, 0.15) is 0 Å². The topological polar surface area (TPSA) is 21.6 Å². The van der Waals surface area contributed by atoms with Gasteiger partial charge in [-0.2, -0.15) is 0 Å². The minimum absolute atomic E-state index is 0.296. The average Bonchev–Trinajstić information content (AvgIpc) is 2.91. The summed E-state index contributed by atoms with van der Waals surface area (Å²) < 4.78 is 6.72. The van der Waals surface area contributed by atoms with Crippen LogP contribution in [0.15, 0.2) is 106 Å². The Bertz CT molecular complexity index is 936. The van der Waals surface area contributed by atoms with E-state index in [9.17, 15) is 0 Å². The van der Waals surface area contributed by atoms with Gasteiger partial charge in [0, 0.05) is 16.2 Å². The summed E-state index contributed by atoms with van der Waals surface area (Å²) >= 11 is 0. The van der Waals surface area contributed by atoms with Crippen molar-refractivity contribution in [1.82, 2.24) is 0 Å². The Morgan fingerprint density at radius 1 is 0.735 bits per heavy atom. The number of hydrogen-bond donors (Lipinski definition) is 0. The molecule has 1 fully saturated rings. The van der Waals surface area contributed by atoms with Crippen LogP contribution >= 0.6 is 43.2 Å². The maximum absolute atomic E-state index is 6.42. The quantitative estimate of drug-likeness (QED) is 0.107. The molecule has 0 aliphatic heterocycles. The highest BCUT2D eigenvalue weighted by molar-refractivity contribution is 8.85. The first-order valence-electron chi connectivity index (χ1n) is 11.9. The predicted molar refractivity (Wildman–Crippen MR) is 154 cm³/mol. The molecule has 0 radical (unpaired) electrons. The maximum atomic E-state index is 6.42. The summed E-state index contributed by atoms with van der Waals surface area (Å²) in [7, 11) is 7.44. The molecule has 2 nitrogen and oxygen atoms in total. The van der Waals surface area contributed by atoms with Gasteiger partial charge >= 0.3 is 0 Å². The normalized spacial score (nSPS) is 14.9. The zero-order chi connectivity index (χ0) is 23.3. The lowest BCUT2D eigenvalue weighted by molar-refractivity contribution is 0.195. The van der Waals surface area contributed by atoms with E-state index in [2.05, 4.69) is 72.8 Å². The molecule has 0 heterocycles. The Kier molecular flexibility index (Phi) is 11.2. The number of nitrogens with zero attached hydrogens (tertiary/aromatic N) is 1. The maximum Gasteiger partial charge on any atom is 0.190 e. The number of ether oxygens (including phenoxy) is 1. The van der Waals surface area contributed by atoms with Crippen LogP contribution in [-0.4, -0.2) is 17.1 Å².